The standard InChI is InChI=1S/C33H33FO7S.H2O/c1-3-9-25-29(11-7-13-31(25)42(38,39)32-12-6-5-10-26(32)33(36)37)40-18-8-19-41-30-21-28(35)27(20-22(30)4-2)23-14-16-24(34)17-15-23;/h5-7,10-17,20-21,35H,3-4,8-9,18-19H2,1-2H3,(H,36,37);1H2. The second kappa shape index (κ2) is 14.7. The van der Waals surface area contributed by atoms with Crippen LogP contribution in [0.25, 0.3) is 11.1 Å². The van der Waals surface area contributed by atoms with Crippen LogP contribution >= 0.6 is 0 Å². The second-order valence-electron chi connectivity index (χ2n) is 9.68. The molecule has 10 heteroatoms. The highest BCUT2D eigenvalue weighted by atomic mass is 32.2. The zero-order chi connectivity index (χ0) is 30.3. The van der Waals surface area contributed by atoms with Gasteiger partial charge in [0, 0.05) is 23.6 Å². The van der Waals surface area contributed by atoms with Crippen molar-refractivity contribution in [3.05, 3.63) is 101 Å². The van der Waals surface area contributed by atoms with Gasteiger partial charge in [0.15, 0.2) is 0 Å². The van der Waals surface area contributed by atoms with Gasteiger partial charge in [-0.05, 0) is 66.4 Å². The molecule has 0 aliphatic carbocycles. The van der Waals surface area contributed by atoms with Crippen LogP contribution in [0.3, 0.4) is 0 Å². The molecular weight excluding hydrogens is 575 g/mol. The Hall–Kier alpha value is -4.41. The van der Waals surface area contributed by atoms with Gasteiger partial charge >= 0.3 is 5.97 Å². The SMILES string of the molecule is CCCc1c(OCCCOc2cc(O)c(-c3ccc(F)cc3)cc2CC)cccc1S(=O)(=O)c1ccccc1C(=O)O.O. The number of carbonyl (C=O) groups is 1. The largest absolute Gasteiger partial charge is 0.507 e. The Bertz CT molecular complexity index is 1670. The van der Waals surface area contributed by atoms with E-state index >= 15 is 0 Å². The molecule has 0 spiro atoms. The summed E-state index contributed by atoms with van der Waals surface area (Å²) in [5, 5.41) is 20.2. The van der Waals surface area contributed by atoms with Crippen molar-refractivity contribution >= 4 is 15.8 Å². The summed E-state index contributed by atoms with van der Waals surface area (Å²) in [6, 6.07) is 19.6. The summed E-state index contributed by atoms with van der Waals surface area (Å²) >= 11 is 0. The van der Waals surface area contributed by atoms with Crippen LogP contribution in [-0.2, 0) is 22.7 Å². The molecule has 228 valence electrons. The number of benzene rings is 4. The van der Waals surface area contributed by atoms with Gasteiger partial charge in [-0.2, -0.15) is 0 Å². The van der Waals surface area contributed by atoms with Gasteiger partial charge in [0.25, 0.3) is 0 Å². The van der Waals surface area contributed by atoms with E-state index in [1.807, 2.05) is 19.9 Å². The summed E-state index contributed by atoms with van der Waals surface area (Å²) < 4.78 is 52.4. The van der Waals surface area contributed by atoms with Gasteiger partial charge in [-0.25, -0.2) is 17.6 Å². The molecular formula is C33H35FO8S. The molecule has 43 heavy (non-hydrogen) atoms. The molecule has 4 aromatic rings. The lowest BCUT2D eigenvalue weighted by atomic mass is 10.00. The monoisotopic (exact) mass is 610 g/mol. The van der Waals surface area contributed by atoms with Crippen LogP contribution in [0.1, 0.15) is 48.2 Å². The molecule has 4 rings (SSSR count). The minimum absolute atomic E-state index is 0. The number of carboxylic acid groups (broad SMARTS) is 1. The minimum Gasteiger partial charge on any atom is -0.507 e. The lowest BCUT2D eigenvalue weighted by Crippen LogP contribution is -2.13. The highest BCUT2D eigenvalue weighted by Gasteiger charge is 2.27. The van der Waals surface area contributed by atoms with Gasteiger partial charge < -0.3 is 25.2 Å². The number of aromatic hydroxyl groups is 1. The first-order valence-electron chi connectivity index (χ1n) is 13.7. The average molecular weight is 611 g/mol. The molecule has 0 aromatic heterocycles. The number of phenols is 1. The Kier molecular flexibility index (Phi) is 11.3. The third-order valence-corrected chi connectivity index (χ3v) is 8.70. The van der Waals surface area contributed by atoms with Crippen LogP contribution in [0, 0.1) is 5.82 Å². The fourth-order valence-electron chi connectivity index (χ4n) is 4.73. The van der Waals surface area contributed by atoms with Crippen LogP contribution in [-0.4, -0.2) is 43.3 Å². The van der Waals surface area contributed by atoms with Crippen molar-refractivity contribution in [1.82, 2.24) is 0 Å². The van der Waals surface area contributed by atoms with Crippen molar-refractivity contribution < 1.29 is 42.8 Å². The normalized spacial score (nSPS) is 11.0. The highest BCUT2D eigenvalue weighted by Crippen LogP contribution is 2.36. The van der Waals surface area contributed by atoms with Gasteiger partial charge in [-0.1, -0.05) is 50.6 Å². The fraction of sp³-hybridized carbons (Fsp3) is 0.242. The fourth-order valence-corrected chi connectivity index (χ4v) is 6.46. The van der Waals surface area contributed by atoms with E-state index < -0.39 is 15.8 Å². The van der Waals surface area contributed by atoms with Crippen LogP contribution in [0.4, 0.5) is 4.39 Å². The Morgan fingerprint density at radius 1 is 0.860 bits per heavy atom. The number of phenolic OH excluding ortho intramolecular Hbond substituents is 1. The predicted octanol–water partition coefficient (Wildman–Crippen LogP) is 6.27. The van der Waals surface area contributed by atoms with Crippen molar-refractivity contribution in [3.63, 3.8) is 0 Å². The molecule has 4 aromatic carbocycles. The predicted molar refractivity (Wildman–Crippen MR) is 161 cm³/mol. The molecule has 0 fully saturated rings. The molecule has 0 aliphatic rings. The molecule has 0 saturated carbocycles. The van der Waals surface area contributed by atoms with E-state index in [0.717, 1.165) is 5.56 Å². The first-order valence-corrected chi connectivity index (χ1v) is 15.2. The van der Waals surface area contributed by atoms with E-state index in [1.54, 1.807) is 30.3 Å². The topological polar surface area (TPSA) is 142 Å². The van der Waals surface area contributed by atoms with E-state index in [9.17, 15) is 27.8 Å². The van der Waals surface area contributed by atoms with E-state index in [2.05, 4.69) is 0 Å². The van der Waals surface area contributed by atoms with Crippen molar-refractivity contribution in [2.24, 2.45) is 0 Å². The van der Waals surface area contributed by atoms with Crippen molar-refractivity contribution in [1.29, 1.82) is 0 Å². The number of ether oxygens (including phenoxy) is 2. The number of halogens is 1. The maximum atomic E-state index is 13.6. The van der Waals surface area contributed by atoms with Gasteiger partial charge in [-0.15, -0.1) is 0 Å². The lowest BCUT2D eigenvalue weighted by Gasteiger charge is -2.17. The van der Waals surface area contributed by atoms with Crippen molar-refractivity contribution in [2.75, 3.05) is 13.2 Å². The number of aromatic carboxylic acids is 1. The summed E-state index contributed by atoms with van der Waals surface area (Å²) in [5.41, 5.74) is 2.38. The van der Waals surface area contributed by atoms with Gasteiger partial charge in [0.1, 0.15) is 23.1 Å². The van der Waals surface area contributed by atoms with Gasteiger partial charge in [-0.3, -0.25) is 0 Å². The summed E-state index contributed by atoms with van der Waals surface area (Å²) in [6.45, 7) is 4.43. The molecule has 0 aliphatic heterocycles. The van der Waals surface area contributed by atoms with Crippen LogP contribution in [0.5, 0.6) is 17.2 Å². The zero-order valence-corrected chi connectivity index (χ0v) is 24.8. The smallest absolute Gasteiger partial charge is 0.337 e. The Morgan fingerprint density at radius 2 is 1.51 bits per heavy atom. The molecule has 0 amide bonds. The van der Waals surface area contributed by atoms with E-state index in [4.69, 9.17) is 9.47 Å². The molecule has 0 saturated heterocycles. The number of hydrogen-bond donors (Lipinski definition) is 2. The quantitative estimate of drug-likeness (QED) is 0.170. The van der Waals surface area contributed by atoms with Gasteiger partial charge in [0.2, 0.25) is 9.84 Å². The minimum atomic E-state index is -4.13. The van der Waals surface area contributed by atoms with Crippen LogP contribution in [0.2, 0.25) is 0 Å². The number of hydrogen-bond acceptors (Lipinski definition) is 6. The van der Waals surface area contributed by atoms with Crippen LogP contribution in [0.15, 0.2) is 88.7 Å². The number of carboxylic acids is 1. The molecule has 4 N–H and O–H groups in total. The Labute approximate surface area is 250 Å². The average Bonchev–Trinajstić information content (AvgIpc) is 2.98. The summed E-state index contributed by atoms with van der Waals surface area (Å²) in [7, 11) is -4.13. The number of aryl methyl sites for hydroxylation is 1. The van der Waals surface area contributed by atoms with E-state index in [1.165, 1.54) is 42.5 Å². The number of rotatable bonds is 13. The maximum Gasteiger partial charge on any atom is 0.337 e. The number of sulfone groups is 1. The maximum absolute atomic E-state index is 13.6. The van der Waals surface area contributed by atoms with Crippen LogP contribution < -0.4 is 9.47 Å². The molecule has 0 atom stereocenters. The van der Waals surface area contributed by atoms with E-state index in [0.29, 0.717) is 53.9 Å². The Balaban J connectivity index is 0.00000506. The molecule has 8 nitrogen and oxygen atoms in total. The summed E-state index contributed by atoms with van der Waals surface area (Å²) in [6.07, 6.45) is 2.22. The summed E-state index contributed by atoms with van der Waals surface area (Å²) in [4.78, 5) is 11.5. The molecule has 0 unspecified atom stereocenters. The molecule has 0 heterocycles. The molecule has 0 radical (unpaired) electrons. The van der Waals surface area contributed by atoms with E-state index in [-0.39, 0.29) is 45.6 Å². The summed E-state index contributed by atoms with van der Waals surface area (Å²) in [5.74, 6) is -0.686. The lowest BCUT2D eigenvalue weighted by molar-refractivity contribution is 0.0692. The third kappa shape index (κ3) is 7.52. The Morgan fingerprint density at radius 3 is 2.16 bits per heavy atom. The second-order valence-corrected chi connectivity index (χ2v) is 11.6. The van der Waals surface area contributed by atoms with Crippen molar-refractivity contribution in [3.8, 4) is 28.4 Å². The first kappa shape index (κ1) is 33.1. The zero-order valence-electron chi connectivity index (χ0n) is 24.0. The first-order chi connectivity index (χ1) is 20.2. The van der Waals surface area contributed by atoms with Gasteiger partial charge in [0.05, 0.1) is 28.6 Å². The highest BCUT2D eigenvalue weighted by molar-refractivity contribution is 7.91. The molecule has 0 bridgehead atoms. The van der Waals surface area contributed by atoms with Crippen molar-refractivity contribution in [2.45, 2.75) is 49.3 Å². The third-order valence-electron chi connectivity index (χ3n) is 6.81.